The van der Waals surface area contributed by atoms with Gasteiger partial charge < -0.3 is 19.9 Å². The van der Waals surface area contributed by atoms with Crippen LogP contribution in [0.25, 0.3) is 0 Å². The number of nitrogens with one attached hydrogen (secondary N) is 1. The molecule has 1 aromatic carbocycles. The van der Waals surface area contributed by atoms with Crippen LogP contribution in [0.3, 0.4) is 0 Å². The van der Waals surface area contributed by atoms with Crippen LogP contribution in [-0.4, -0.2) is 51.7 Å². The highest BCUT2D eigenvalue weighted by molar-refractivity contribution is 7.12. The van der Waals surface area contributed by atoms with Gasteiger partial charge in [-0.05, 0) is 50.0 Å². The van der Waals surface area contributed by atoms with Crippen molar-refractivity contribution in [2.24, 2.45) is 0 Å². The maximum Gasteiger partial charge on any atom is 0.350 e. The summed E-state index contributed by atoms with van der Waals surface area (Å²) in [6.45, 7) is 2.73. The highest BCUT2D eigenvalue weighted by atomic mass is 32.1. The van der Waals surface area contributed by atoms with Gasteiger partial charge in [-0.15, -0.1) is 11.3 Å². The lowest BCUT2D eigenvalue weighted by Crippen LogP contribution is -2.30. The Morgan fingerprint density at radius 3 is 2.92 bits per heavy atom. The van der Waals surface area contributed by atoms with E-state index < -0.39 is 0 Å². The van der Waals surface area contributed by atoms with E-state index in [1.807, 2.05) is 11.4 Å². The van der Waals surface area contributed by atoms with Crippen molar-refractivity contribution in [1.29, 1.82) is 0 Å². The fourth-order valence-corrected chi connectivity index (χ4v) is 4.39. The number of nitrogens with zero attached hydrogens (tertiary/aromatic N) is 2. The Morgan fingerprint density at radius 1 is 1.35 bits per heavy atom. The molecule has 1 atom stereocenters. The third-order valence-corrected chi connectivity index (χ3v) is 5.79. The summed E-state index contributed by atoms with van der Waals surface area (Å²) in [5, 5.41) is 5.31. The molecule has 2 heterocycles. The molecule has 0 saturated heterocycles. The Kier molecular flexibility index (Phi) is 6.16. The van der Waals surface area contributed by atoms with Crippen molar-refractivity contribution in [3.8, 4) is 0 Å². The maximum absolute atomic E-state index is 11.8. The van der Waals surface area contributed by atoms with Crippen molar-refractivity contribution in [2.45, 2.75) is 18.9 Å². The molecule has 2 aromatic rings. The molecule has 0 saturated carbocycles. The lowest BCUT2D eigenvalue weighted by molar-refractivity contribution is 0.0607. The molecular formula is C20H27N3O2S. The number of benzene rings is 1. The quantitative estimate of drug-likeness (QED) is 0.779. The number of ether oxygens (including phenoxy) is 1. The summed E-state index contributed by atoms with van der Waals surface area (Å²) >= 11 is 1.41. The average molecular weight is 374 g/mol. The smallest absolute Gasteiger partial charge is 0.350 e. The van der Waals surface area contributed by atoms with Gasteiger partial charge in [0.25, 0.3) is 0 Å². The van der Waals surface area contributed by atoms with Crippen LogP contribution < -0.4 is 10.2 Å². The van der Waals surface area contributed by atoms with E-state index in [1.54, 1.807) is 0 Å². The first-order valence-electron chi connectivity index (χ1n) is 9.01. The predicted molar refractivity (Wildman–Crippen MR) is 108 cm³/mol. The molecule has 1 unspecified atom stereocenters. The highest BCUT2D eigenvalue weighted by Crippen LogP contribution is 2.35. The molecule has 1 aromatic heterocycles. The molecule has 5 nitrogen and oxygen atoms in total. The topological polar surface area (TPSA) is 44.8 Å². The second-order valence-corrected chi connectivity index (χ2v) is 7.67. The molecule has 0 bridgehead atoms. The standard InChI is InChI=1S/C20H27N3O2S/c1-22(2)17-9-6-12-23(18-8-5-4-7-15(17)18)13-11-21-16-10-14-26-19(16)20(24)25-3/h4-5,7-8,10,14,17,21H,6,9,11-13H2,1-3H3. The molecule has 1 aliphatic heterocycles. The van der Waals surface area contributed by atoms with E-state index in [2.05, 4.69) is 53.5 Å². The van der Waals surface area contributed by atoms with Gasteiger partial charge in [-0.1, -0.05) is 18.2 Å². The van der Waals surface area contributed by atoms with Gasteiger partial charge in [-0.25, -0.2) is 4.79 Å². The van der Waals surface area contributed by atoms with Gasteiger partial charge in [0.05, 0.1) is 12.8 Å². The van der Waals surface area contributed by atoms with Gasteiger partial charge >= 0.3 is 5.97 Å². The zero-order valence-electron chi connectivity index (χ0n) is 15.7. The minimum absolute atomic E-state index is 0.281. The Labute approximate surface area is 159 Å². The van der Waals surface area contributed by atoms with E-state index in [0.29, 0.717) is 10.9 Å². The third kappa shape index (κ3) is 4.02. The number of carbonyl (C=O) groups excluding carboxylic acids is 1. The molecule has 0 fully saturated rings. The molecular weight excluding hydrogens is 346 g/mol. The van der Waals surface area contributed by atoms with Gasteiger partial charge in [0.2, 0.25) is 0 Å². The van der Waals surface area contributed by atoms with Crippen LogP contribution >= 0.6 is 11.3 Å². The minimum Gasteiger partial charge on any atom is -0.465 e. The average Bonchev–Trinajstić information content (AvgIpc) is 3.03. The second-order valence-electron chi connectivity index (χ2n) is 6.75. The summed E-state index contributed by atoms with van der Waals surface area (Å²) in [5.41, 5.74) is 3.58. The highest BCUT2D eigenvalue weighted by Gasteiger charge is 2.23. The number of methoxy groups -OCH3 is 1. The fraction of sp³-hybridized carbons (Fsp3) is 0.450. The summed E-state index contributed by atoms with van der Waals surface area (Å²) < 4.78 is 4.85. The molecule has 26 heavy (non-hydrogen) atoms. The van der Waals surface area contributed by atoms with Crippen LogP contribution in [0.15, 0.2) is 35.7 Å². The number of anilines is 2. The summed E-state index contributed by atoms with van der Waals surface area (Å²) in [6.07, 6.45) is 2.34. The summed E-state index contributed by atoms with van der Waals surface area (Å²) in [4.78, 5) is 17.2. The second kappa shape index (κ2) is 8.56. The van der Waals surface area contributed by atoms with Gasteiger partial charge in [-0.2, -0.15) is 0 Å². The van der Waals surface area contributed by atoms with E-state index in [0.717, 1.165) is 25.3 Å². The van der Waals surface area contributed by atoms with Crippen molar-refractivity contribution in [3.63, 3.8) is 0 Å². The molecule has 1 aliphatic rings. The molecule has 0 amide bonds. The lowest BCUT2D eigenvalue weighted by Gasteiger charge is -2.28. The van der Waals surface area contributed by atoms with Gasteiger partial charge in [0.15, 0.2) is 0 Å². The third-order valence-electron chi connectivity index (χ3n) is 4.90. The van der Waals surface area contributed by atoms with E-state index in [-0.39, 0.29) is 5.97 Å². The minimum atomic E-state index is -0.281. The Morgan fingerprint density at radius 2 is 2.15 bits per heavy atom. The first-order chi connectivity index (χ1) is 12.6. The Bertz CT molecular complexity index is 744. The normalized spacial score (nSPS) is 16.9. The van der Waals surface area contributed by atoms with Crippen molar-refractivity contribution in [2.75, 3.05) is 51.1 Å². The number of hydrogen-bond donors (Lipinski definition) is 1. The zero-order chi connectivity index (χ0) is 18.5. The molecule has 0 spiro atoms. The fourth-order valence-electron chi connectivity index (χ4n) is 3.60. The van der Waals surface area contributed by atoms with Crippen molar-refractivity contribution >= 4 is 28.7 Å². The number of carbonyl (C=O) groups is 1. The molecule has 0 radical (unpaired) electrons. The molecule has 0 aliphatic carbocycles. The largest absolute Gasteiger partial charge is 0.465 e. The summed E-state index contributed by atoms with van der Waals surface area (Å²) in [5.74, 6) is -0.281. The number of thiophene rings is 1. The number of para-hydroxylation sites is 1. The number of fused-ring (bicyclic) bond motifs is 1. The van der Waals surface area contributed by atoms with Gasteiger partial charge in [0, 0.05) is 31.4 Å². The molecule has 6 heteroatoms. The predicted octanol–water partition coefficient (Wildman–Crippen LogP) is 3.85. The van der Waals surface area contributed by atoms with Crippen LogP contribution in [0.1, 0.15) is 34.1 Å². The SMILES string of the molecule is COC(=O)c1sccc1NCCN1CCCC(N(C)C)c2ccccc21. The first kappa shape index (κ1) is 18.7. The first-order valence-corrected chi connectivity index (χ1v) is 9.89. The van der Waals surface area contributed by atoms with Crippen LogP contribution in [0.4, 0.5) is 11.4 Å². The van der Waals surface area contributed by atoms with E-state index in [1.165, 1.54) is 42.5 Å². The van der Waals surface area contributed by atoms with Gasteiger partial charge in [0.1, 0.15) is 4.88 Å². The van der Waals surface area contributed by atoms with E-state index in [4.69, 9.17) is 4.74 Å². The number of rotatable bonds is 6. The number of hydrogen-bond acceptors (Lipinski definition) is 6. The molecule has 3 rings (SSSR count). The Hall–Kier alpha value is -2.05. The van der Waals surface area contributed by atoms with Crippen molar-refractivity contribution in [1.82, 2.24) is 4.90 Å². The van der Waals surface area contributed by atoms with Gasteiger partial charge in [-0.3, -0.25) is 0 Å². The van der Waals surface area contributed by atoms with Crippen LogP contribution in [0, 0.1) is 0 Å². The maximum atomic E-state index is 11.8. The van der Waals surface area contributed by atoms with Crippen LogP contribution in [0.5, 0.6) is 0 Å². The van der Waals surface area contributed by atoms with Crippen LogP contribution in [0.2, 0.25) is 0 Å². The number of esters is 1. The molecule has 1 N–H and O–H groups in total. The zero-order valence-corrected chi connectivity index (χ0v) is 16.5. The van der Waals surface area contributed by atoms with E-state index in [9.17, 15) is 4.79 Å². The van der Waals surface area contributed by atoms with Crippen molar-refractivity contribution in [3.05, 3.63) is 46.2 Å². The monoisotopic (exact) mass is 373 g/mol. The summed E-state index contributed by atoms with van der Waals surface area (Å²) in [7, 11) is 5.73. The lowest BCUT2D eigenvalue weighted by atomic mass is 10.0. The van der Waals surface area contributed by atoms with Crippen molar-refractivity contribution < 1.29 is 9.53 Å². The van der Waals surface area contributed by atoms with Crippen LogP contribution in [-0.2, 0) is 4.74 Å². The van der Waals surface area contributed by atoms with E-state index >= 15 is 0 Å². The Balaban J connectivity index is 1.69. The summed E-state index contributed by atoms with van der Waals surface area (Å²) in [6, 6.07) is 11.1. The molecule has 140 valence electrons.